The maximum Gasteiger partial charge on any atom is 0.338 e. The molecule has 7 nitrogen and oxygen atoms in total. The van der Waals surface area contributed by atoms with Crippen molar-refractivity contribution in [2.75, 3.05) is 0 Å². The highest BCUT2D eigenvalue weighted by Crippen LogP contribution is 2.08. The fourth-order valence-corrected chi connectivity index (χ4v) is 1.16. The molecule has 1 aromatic rings. The third-order valence-corrected chi connectivity index (χ3v) is 2.30. The van der Waals surface area contributed by atoms with E-state index < -0.39 is 23.3 Å². The number of nitrogens with zero attached hydrogens (tertiary/aromatic N) is 1. The van der Waals surface area contributed by atoms with Gasteiger partial charge in [0, 0.05) is 6.20 Å². The lowest BCUT2D eigenvalue weighted by atomic mass is 10.0. The number of carbonyl (C=O) groups is 3. The lowest BCUT2D eigenvalue weighted by Crippen LogP contribution is -2.53. The van der Waals surface area contributed by atoms with Gasteiger partial charge in [0.05, 0.1) is 5.56 Å². The summed E-state index contributed by atoms with van der Waals surface area (Å²) in [5, 5.41) is 11.2. The summed E-state index contributed by atoms with van der Waals surface area (Å²) in [4.78, 5) is 37.5. The maximum absolute atomic E-state index is 11.8. The molecular weight excluding hydrogens is 238 g/mol. The number of pyridine rings is 1. The van der Waals surface area contributed by atoms with Crippen molar-refractivity contribution in [3.8, 4) is 0 Å². The fourth-order valence-electron chi connectivity index (χ4n) is 1.16. The molecule has 0 aliphatic heterocycles. The summed E-state index contributed by atoms with van der Waals surface area (Å²) >= 11 is 0. The number of aromatic nitrogens is 1. The molecule has 0 atom stereocenters. The first-order chi connectivity index (χ1) is 8.25. The van der Waals surface area contributed by atoms with Gasteiger partial charge in [-0.3, -0.25) is 14.6 Å². The van der Waals surface area contributed by atoms with Gasteiger partial charge in [-0.15, -0.1) is 0 Å². The van der Waals surface area contributed by atoms with E-state index in [1.807, 2.05) is 0 Å². The van der Waals surface area contributed by atoms with Crippen molar-refractivity contribution in [3.63, 3.8) is 0 Å². The van der Waals surface area contributed by atoms with Crippen LogP contribution in [-0.4, -0.2) is 33.4 Å². The smallest absolute Gasteiger partial charge is 0.338 e. The summed E-state index contributed by atoms with van der Waals surface area (Å²) < 4.78 is 0. The molecule has 0 bridgehead atoms. The molecule has 0 unspecified atom stereocenters. The van der Waals surface area contributed by atoms with Crippen LogP contribution in [0.5, 0.6) is 0 Å². The second kappa shape index (κ2) is 4.82. The van der Waals surface area contributed by atoms with Crippen LogP contribution in [-0.2, 0) is 4.79 Å². The molecule has 1 aromatic heterocycles. The van der Waals surface area contributed by atoms with Crippen molar-refractivity contribution in [3.05, 3.63) is 29.6 Å². The van der Waals surface area contributed by atoms with E-state index in [9.17, 15) is 14.4 Å². The Bertz CT molecular complexity index is 511. The monoisotopic (exact) mass is 251 g/mol. The molecule has 0 aliphatic carbocycles. The molecule has 18 heavy (non-hydrogen) atoms. The van der Waals surface area contributed by atoms with Crippen LogP contribution < -0.4 is 11.1 Å². The number of carboxylic acid groups (broad SMARTS) is 1. The van der Waals surface area contributed by atoms with Gasteiger partial charge < -0.3 is 16.2 Å². The Labute approximate surface area is 103 Å². The van der Waals surface area contributed by atoms with Crippen LogP contribution in [0.1, 0.15) is 34.7 Å². The second-order valence-corrected chi connectivity index (χ2v) is 4.15. The Kier molecular flexibility index (Phi) is 3.65. The number of primary amides is 1. The van der Waals surface area contributed by atoms with Crippen LogP contribution >= 0.6 is 0 Å². The molecule has 2 amide bonds. The highest BCUT2D eigenvalue weighted by Gasteiger charge is 2.29. The van der Waals surface area contributed by atoms with Crippen molar-refractivity contribution in [1.29, 1.82) is 0 Å². The van der Waals surface area contributed by atoms with Crippen molar-refractivity contribution in [1.82, 2.24) is 10.3 Å². The van der Waals surface area contributed by atoms with E-state index in [0.717, 1.165) is 0 Å². The van der Waals surface area contributed by atoms with Crippen LogP contribution in [0.2, 0.25) is 0 Å². The SMILES string of the molecule is CC(C)(NC(=O)c1ncccc1C(=O)O)C(N)=O. The topological polar surface area (TPSA) is 122 Å². The zero-order chi connectivity index (χ0) is 13.9. The zero-order valence-corrected chi connectivity index (χ0v) is 9.93. The average molecular weight is 251 g/mol. The minimum atomic E-state index is -1.29. The maximum atomic E-state index is 11.8. The Morgan fingerprint density at radius 1 is 1.39 bits per heavy atom. The molecule has 1 heterocycles. The molecule has 7 heteroatoms. The van der Waals surface area contributed by atoms with Crippen LogP contribution in [0, 0.1) is 0 Å². The summed E-state index contributed by atoms with van der Waals surface area (Å²) in [7, 11) is 0. The van der Waals surface area contributed by atoms with Gasteiger partial charge in [0.25, 0.3) is 5.91 Å². The molecule has 0 spiro atoms. The third-order valence-electron chi connectivity index (χ3n) is 2.30. The Morgan fingerprint density at radius 3 is 2.50 bits per heavy atom. The average Bonchev–Trinajstić information content (AvgIpc) is 2.28. The van der Waals surface area contributed by atoms with Gasteiger partial charge in [-0.25, -0.2) is 4.79 Å². The molecule has 0 radical (unpaired) electrons. The number of aromatic carboxylic acids is 1. The normalized spacial score (nSPS) is 10.8. The number of hydrogen-bond donors (Lipinski definition) is 3. The van der Waals surface area contributed by atoms with E-state index in [0.29, 0.717) is 0 Å². The number of rotatable bonds is 4. The fraction of sp³-hybridized carbons (Fsp3) is 0.273. The second-order valence-electron chi connectivity index (χ2n) is 4.15. The summed E-state index contributed by atoms with van der Waals surface area (Å²) in [5.74, 6) is -2.77. The molecule has 1 rings (SSSR count). The number of carbonyl (C=O) groups excluding carboxylic acids is 2. The van der Waals surface area contributed by atoms with Crippen molar-refractivity contribution in [2.45, 2.75) is 19.4 Å². The number of carboxylic acids is 1. The summed E-state index contributed by atoms with van der Waals surface area (Å²) in [6, 6.07) is 2.65. The summed E-state index contributed by atoms with van der Waals surface area (Å²) in [5.41, 5.74) is 3.31. The van der Waals surface area contributed by atoms with Gasteiger partial charge in [0.15, 0.2) is 0 Å². The number of amides is 2. The standard InChI is InChI=1S/C11H13N3O4/c1-11(2,10(12)18)14-8(15)7-6(9(16)17)4-3-5-13-7/h3-5H,1-2H3,(H2,12,18)(H,14,15)(H,16,17). The molecule has 0 fully saturated rings. The van der Waals surface area contributed by atoms with Gasteiger partial charge in [-0.05, 0) is 26.0 Å². The van der Waals surface area contributed by atoms with E-state index in [2.05, 4.69) is 10.3 Å². The predicted molar refractivity (Wildman–Crippen MR) is 61.9 cm³/mol. The first-order valence-electron chi connectivity index (χ1n) is 5.06. The van der Waals surface area contributed by atoms with E-state index in [4.69, 9.17) is 10.8 Å². The minimum Gasteiger partial charge on any atom is -0.478 e. The molecule has 0 aliphatic rings. The van der Waals surface area contributed by atoms with Gasteiger partial charge in [-0.2, -0.15) is 0 Å². The van der Waals surface area contributed by atoms with E-state index >= 15 is 0 Å². The molecular formula is C11H13N3O4. The largest absolute Gasteiger partial charge is 0.478 e. The van der Waals surface area contributed by atoms with Crippen LogP contribution in [0.3, 0.4) is 0 Å². The van der Waals surface area contributed by atoms with Gasteiger partial charge in [-0.1, -0.05) is 0 Å². The molecule has 0 saturated carbocycles. The molecule has 96 valence electrons. The Morgan fingerprint density at radius 2 is 2.00 bits per heavy atom. The van der Waals surface area contributed by atoms with Crippen LogP contribution in [0.25, 0.3) is 0 Å². The molecule has 0 saturated heterocycles. The highest BCUT2D eigenvalue weighted by molar-refractivity contribution is 6.04. The van der Waals surface area contributed by atoms with Gasteiger partial charge in [0.2, 0.25) is 5.91 Å². The van der Waals surface area contributed by atoms with Gasteiger partial charge >= 0.3 is 5.97 Å². The van der Waals surface area contributed by atoms with Crippen LogP contribution in [0.15, 0.2) is 18.3 Å². The zero-order valence-electron chi connectivity index (χ0n) is 9.93. The van der Waals surface area contributed by atoms with E-state index in [1.165, 1.54) is 32.2 Å². The highest BCUT2D eigenvalue weighted by atomic mass is 16.4. The predicted octanol–water partition coefficient (Wildman–Crippen LogP) is -0.227. The van der Waals surface area contributed by atoms with Crippen molar-refractivity contribution < 1.29 is 19.5 Å². The summed E-state index contributed by atoms with van der Waals surface area (Å²) in [6.45, 7) is 2.83. The van der Waals surface area contributed by atoms with E-state index in [1.54, 1.807) is 0 Å². The van der Waals surface area contributed by atoms with Crippen LogP contribution in [0.4, 0.5) is 0 Å². The summed E-state index contributed by atoms with van der Waals surface area (Å²) in [6.07, 6.45) is 1.29. The third kappa shape index (κ3) is 2.82. The Hall–Kier alpha value is -2.44. The first kappa shape index (κ1) is 13.6. The van der Waals surface area contributed by atoms with Gasteiger partial charge in [0.1, 0.15) is 11.2 Å². The lowest BCUT2D eigenvalue weighted by molar-refractivity contribution is -0.122. The Balaban J connectivity index is 3.06. The van der Waals surface area contributed by atoms with Crippen molar-refractivity contribution in [2.24, 2.45) is 5.73 Å². The number of nitrogens with one attached hydrogen (secondary N) is 1. The van der Waals surface area contributed by atoms with E-state index in [-0.39, 0.29) is 11.3 Å². The quantitative estimate of drug-likeness (QED) is 0.682. The first-order valence-corrected chi connectivity index (χ1v) is 5.06. The van der Waals surface area contributed by atoms with Crippen molar-refractivity contribution >= 4 is 17.8 Å². The molecule has 0 aromatic carbocycles. The minimum absolute atomic E-state index is 0.240. The number of nitrogens with two attached hydrogens (primary N) is 1. The lowest BCUT2D eigenvalue weighted by Gasteiger charge is -2.22. The number of hydrogen-bond acceptors (Lipinski definition) is 4. The molecule has 4 N–H and O–H groups in total.